The minimum Gasteiger partial charge on any atom is -0.341 e. The lowest BCUT2D eigenvalue weighted by Crippen LogP contribution is -2.43. The van der Waals surface area contributed by atoms with Crippen molar-refractivity contribution < 1.29 is 9.59 Å². The van der Waals surface area contributed by atoms with Crippen molar-refractivity contribution in [2.24, 2.45) is 0 Å². The van der Waals surface area contributed by atoms with E-state index in [0.717, 1.165) is 19.5 Å². The Kier molecular flexibility index (Phi) is 5.97. The molecule has 1 saturated heterocycles. The van der Waals surface area contributed by atoms with Crippen molar-refractivity contribution in [3.63, 3.8) is 0 Å². The lowest BCUT2D eigenvalue weighted by atomic mass is 10.00. The van der Waals surface area contributed by atoms with Crippen LogP contribution in [-0.4, -0.2) is 43.0 Å². The lowest BCUT2D eigenvalue weighted by Gasteiger charge is -2.34. The number of likely N-dealkylation sites (tertiary alicyclic amines) is 1. The summed E-state index contributed by atoms with van der Waals surface area (Å²) < 4.78 is 0. The molecule has 0 saturated carbocycles. The maximum atomic E-state index is 11.5. The first kappa shape index (κ1) is 14.0. The standard InChI is InChI=1S/C12H23N3O2/c1-3-10-6-4-5-8-15(10)9-7-11(16)14-12(17)13-2/h10H,3-9H2,1-2H3,(H2,13,14,16,17). The third kappa shape index (κ3) is 4.73. The minimum absolute atomic E-state index is 0.204. The molecular weight excluding hydrogens is 218 g/mol. The number of imide groups is 1. The van der Waals surface area contributed by atoms with Gasteiger partial charge in [-0.1, -0.05) is 13.3 Å². The van der Waals surface area contributed by atoms with E-state index in [-0.39, 0.29) is 5.91 Å². The molecule has 1 fully saturated rings. The van der Waals surface area contributed by atoms with Gasteiger partial charge in [-0.05, 0) is 25.8 Å². The Labute approximate surface area is 103 Å². The largest absolute Gasteiger partial charge is 0.341 e. The van der Waals surface area contributed by atoms with Crippen LogP contribution in [-0.2, 0) is 4.79 Å². The second kappa shape index (κ2) is 7.27. The summed E-state index contributed by atoms with van der Waals surface area (Å²) in [5.41, 5.74) is 0. The Morgan fingerprint density at radius 1 is 1.35 bits per heavy atom. The topological polar surface area (TPSA) is 61.4 Å². The Morgan fingerprint density at radius 2 is 2.12 bits per heavy atom. The molecule has 0 radical (unpaired) electrons. The van der Waals surface area contributed by atoms with Gasteiger partial charge >= 0.3 is 6.03 Å². The summed E-state index contributed by atoms with van der Waals surface area (Å²) >= 11 is 0. The van der Waals surface area contributed by atoms with E-state index >= 15 is 0 Å². The molecule has 1 rings (SSSR count). The molecular formula is C12H23N3O2. The van der Waals surface area contributed by atoms with Crippen molar-refractivity contribution in [2.45, 2.75) is 45.1 Å². The molecule has 0 spiro atoms. The molecule has 3 amide bonds. The van der Waals surface area contributed by atoms with Crippen LogP contribution in [0.5, 0.6) is 0 Å². The third-order valence-electron chi connectivity index (χ3n) is 3.33. The highest BCUT2D eigenvalue weighted by atomic mass is 16.2. The summed E-state index contributed by atoms with van der Waals surface area (Å²) in [6.45, 7) is 4.01. The molecule has 1 heterocycles. The molecule has 0 aromatic rings. The molecule has 17 heavy (non-hydrogen) atoms. The number of amides is 3. The monoisotopic (exact) mass is 241 g/mol. The molecule has 0 aromatic heterocycles. The Balaban J connectivity index is 2.28. The van der Waals surface area contributed by atoms with Gasteiger partial charge in [0.15, 0.2) is 0 Å². The van der Waals surface area contributed by atoms with Gasteiger partial charge in [-0.25, -0.2) is 4.79 Å². The van der Waals surface area contributed by atoms with Gasteiger partial charge in [0.05, 0.1) is 0 Å². The fraction of sp³-hybridized carbons (Fsp3) is 0.833. The average molecular weight is 241 g/mol. The number of urea groups is 1. The average Bonchev–Trinajstić information content (AvgIpc) is 2.36. The molecule has 5 nitrogen and oxygen atoms in total. The van der Waals surface area contributed by atoms with Gasteiger partial charge in [0.2, 0.25) is 5.91 Å². The van der Waals surface area contributed by atoms with Crippen molar-refractivity contribution in [2.75, 3.05) is 20.1 Å². The number of nitrogens with one attached hydrogen (secondary N) is 2. The quantitative estimate of drug-likeness (QED) is 0.774. The van der Waals surface area contributed by atoms with E-state index in [2.05, 4.69) is 22.5 Å². The highest BCUT2D eigenvalue weighted by Gasteiger charge is 2.21. The van der Waals surface area contributed by atoms with Crippen LogP contribution in [0.15, 0.2) is 0 Å². The Morgan fingerprint density at radius 3 is 2.76 bits per heavy atom. The molecule has 2 N–H and O–H groups in total. The van der Waals surface area contributed by atoms with Crippen molar-refractivity contribution in [3.05, 3.63) is 0 Å². The van der Waals surface area contributed by atoms with Crippen LogP contribution in [0.4, 0.5) is 4.79 Å². The Hall–Kier alpha value is -1.10. The molecule has 98 valence electrons. The minimum atomic E-state index is -0.430. The van der Waals surface area contributed by atoms with Crippen molar-refractivity contribution in [1.82, 2.24) is 15.5 Å². The van der Waals surface area contributed by atoms with Crippen LogP contribution in [0.3, 0.4) is 0 Å². The zero-order chi connectivity index (χ0) is 12.7. The van der Waals surface area contributed by atoms with E-state index in [9.17, 15) is 9.59 Å². The second-order valence-corrected chi connectivity index (χ2v) is 4.47. The van der Waals surface area contributed by atoms with E-state index in [0.29, 0.717) is 12.5 Å². The second-order valence-electron chi connectivity index (χ2n) is 4.47. The first-order valence-electron chi connectivity index (χ1n) is 6.43. The zero-order valence-electron chi connectivity index (χ0n) is 10.8. The highest BCUT2D eigenvalue weighted by molar-refractivity contribution is 5.94. The Bertz CT molecular complexity index is 268. The lowest BCUT2D eigenvalue weighted by molar-refractivity contribution is -0.120. The zero-order valence-corrected chi connectivity index (χ0v) is 10.8. The fourth-order valence-electron chi connectivity index (χ4n) is 2.31. The third-order valence-corrected chi connectivity index (χ3v) is 3.33. The van der Waals surface area contributed by atoms with E-state index in [1.807, 2.05) is 0 Å². The first-order chi connectivity index (χ1) is 8.17. The van der Waals surface area contributed by atoms with Crippen LogP contribution in [0.2, 0.25) is 0 Å². The maximum absolute atomic E-state index is 11.5. The normalized spacial score (nSPS) is 20.9. The van der Waals surface area contributed by atoms with Gasteiger partial charge in [0.1, 0.15) is 0 Å². The summed E-state index contributed by atoms with van der Waals surface area (Å²) in [6, 6.07) is 0.178. The molecule has 1 atom stereocenters. The van der Waals surface area contributed by atoms with Gasteiger partial charge in [-0.15, -0.1) is 0 Å². The van der Waals surface area contributed by atoms with E-state index < -0.39 is 6.03 Å². The smallest absolute Gasteiger partial charge is 0.321 e. The number of carbonyl (C=O) groups is 2. The number of nitrogens with zero attached hydrogens (tertiary/aromatic N) is 1. The number of piperidine rings is 1. The van der Waals surface area contributed by atoms with E-state index in [1.54, 1.807) is 0 Å². The van der Waals surface area contributed by atoms with Crippen LogP contribution in [0.25, 0.3) is 0 Å². The molecule has 0 aromatic carbocycles. The van der Waals surface area contributed by atoms with Crippen molar-refractivity contribution in [3.8, 4) is 0 Å². The maximum Gasteiger partial charge on any atom is 0.321 e. The van der Waals surface area contributed by atoms with Crippen LogP contribution >= 0.6 is 0 Å². The summed E-state index contributed by atoms with van der Waals surface area (Å²) in [5, 5.41) is 4.66. The predicted molar refractivity (Wildman–Crippen MR) is 66.7 cm³/mol. The fourth-order valence-corrected chi connectivity index (χ4v) is 2.31. The van der Waals surface area contributed by atoms with Gasteiger partial charge in [-0.2, -0.15) is 0 Å². The number of hydrogen-bond acceptors (Lipinski definition) is 3. The predicted octanol–water partition coefficient (Wildman–Crippen LogP) is 1.10. The highest BCUT2D eigenvalue weighted by Crippen LogP contribution is 2.19. The van der Waals surface area contributed by atoms with Crippen molar-refractivity contribution >= 4 is 11.9 Å². The molecule has 0 bridgehead atoms. The molecule has 5 heteroatoms. The van der Waals surface area contributed by atoms with E-state index in [4.69, 9.17) is 0 Å². The van der Waals surface area contributed by atoms with Crippen LogP contribution < -0.4 is 10.6 Å². The number of rotatable bonds is 4. The van der Waals surface area contributed by atoms with E-state index in [1.165, 1.54) is 26.3 Å². The summed E-state index contributed by atoms with van der Waals surface area (Å²) in [7, 11) is 1.50. The molecule has 1 aliphatic rings. The van der Waals surface area contributed by atoms with Crippen LogP contribution in [0, 0.1) is 0 Å². The first-order valence-corrected chi connectivity index (χ1v) is 6.43. The summed E-state index contributed by atoms with van der Waals surface area (Å²) in [5.74, 6) is -0.204. The van der Waals surface area contributed by atoms with Gasteiger partial charge < -0.3 is 5.32 Å². The van der Waals surface area contributed by atoms with Gasteiger partial charge in [0.25, 0.3) is 0 Å². The van der Waals surface area contributed by atoms with Gasteiger partial charge in [-0.3, -0.25) is 15.0 Å². The van der Waals surface area contributed by atoms with Gasteiger partial charge in [0, 0.05) is 26.1 Å². The molecule has 1 aliphatic heterocycles. The summed E-state index contributed by atoms with van der Waals surface area (Å²) in [6.07, 6.45) is 5.27. The SMILES string of the molecule is CCC1CCCCN1CCC(=O)NC(=O)NC. The number of carbonyl (C=O) groups excluding carboxylic acids is 2. The number of hydrogen-bond donors (Lipinski definition) is 2. The molecule has 0 aliphatic carbocycles. The van der Waals surface area contributed by atoms with Crippen LogP contribution in [0.1, 0.15) is 39.0 Å². The summed E-state index contributed by atoms with van der Waals surface area (Å²) in [4.78, 5) is 24.8. The molecule has 1 unspecified atom stereocenters. The van der Waals surface area contributed by atoms with Crippen molar-refractivity contribution in [1.29, 1.82) is 0 Å².